The molecule has 9 heteroatoms. The highest BCUT2D eigenvalue weighted by Gasteiger charge is 2.37. The van der Waals surface area contributed by atoms with Crippen LogP contribution in [0.5, 0.6) is 0 Å². The van der Waals surface area contributed by atoms with E-state index in [-0.39, 0.29) is 17.2 Å². The van der Waals surface area contributed by atoms with E-state index in [1.807, 2.05) is 85.1 Å². The van der Waals surface area contributed by atoms with Crippen LogP contribution in [-0.4, -0.2) is 9.13 Å². The zero-order chi connectivity index (χ0) is 39.1. The first-order chi connectivity index (χ1) is 26.8. The Morgan fingerprint density at radius 3 is 1.50 bits per heavy atom. The van der Waals surface area contributed by atoms with Crippen LogP contribution in [0.2, 0.25) is 0 Å². The third-order valence-electron chi connectivity index (χ3n) is 10.5. The second kappa shape index (κ2) is 12.6. The zero-order valence-electron chi connectivity index (χ0n) is 29.9. The summed E-state index contributed by atoms with van der Waals surface area (Å²) in [5.41, 5.74) is 5.53. The lowest BCUT2D eigenvalue weighted by Crippen LogP contribution is -2.11. The van der Waals surface area contributed by atoms with Crippen molar-refractivity contribution in [3.05, 3.63) is 173 Å². The first kappa shape index (κ1) is 34.9. The summed E-state index contributed by atoms with van der Waals surface area (Å²) < 4.78 is 88.9. The smallest absolute Gasteiger partial charge is 0.309 e. The highest BCUT2D eigenvalue weighted by atomic mass is 19.4. The summed E-state index contributed by atoms with van der Waals surface area (Å²) in [6.45, 7) is 12.0. The normalized spacial score (nSPS) is 12.3. The van der Waals surface area contributed by atoms with E-state index in [0.717, 1.165) is 72.6 Å². The predicted octanol–water partition coefficient (Wildman–Crippen LogP) is 14.4. The van der Waals surface area contributed by atoms with Crippen LogP contribution in [-0.2, 0) is 12.4 Å². The number of aryl methyl sites for hydroxylation is 2. The predicted molar refractivity (Wildman–Crippen MR) is 212 cm³/mol. The molecule has 0 radical (unpaired) electrons. The maximum atomic E-state index is 14.1. The Hall–Kier alpha value is -6.79. The highest BCUT2D eigenvalue weighted by Crippen LogP contribution is 2.45. The fraction of sp³-hybridized carbons (Fsp3) is 0.0851. The molecule has 0 N–H and O–H groups in total. The summed E-state index contributed by atoms with van der Waals surface area (Å²) in [4.78, 5) is 3.77. The minimum absolute atomic E-state index is 0.143. The minimum atomic E-state index is -5.01. The molecule has 2 aromatic heterocycles. The van der Waals surface area contributed by atoms with Crippen LogP contribution >= 0.6 is 0 Å². The van der Waals surface area contributed by atoms with Gasteiger partial charge in [0.1, 0.15) is 0 Å². The summed E-state index contributed by atoms with van der Waals surface area (Å²) in [7, 11) is 0. The Labute approximate surface area is 317 Å². The fourth-order valence-corrected chi connectivity index (χ4v) is 7.93. The van der Waals surface area contributed by atoms with E-state index in [1.54, 1.807) is 30.3 Å². The number of hydrogen-bond donors (Lipinski definition) is 0. The van der Waals surface area contributed by atoms with Gasteiger partial charge < -0.3 is 9.13 Å². The van der Waals surface area contributed by atoms with Crippen molar-refractivity contribution in [2.75, 3.05) is 0 Å². The maximum absolute atomic E-state index is 14.1. The van der Waals surface area contributed by atoms with Gasteiger partial charge in [0, 0.05) is 27.1 Å². The van der Waals surface area contributed by atoms with Crippen molar-refractivity contribution in [1.82, 2.24) is 9.13 Å². The number of benzene rings is 7. The number of nitrogens with zero attached hydrogens (tertiary/aromatic N) is 3. The van der Waals surface area contributed by atoms with Crippen LogP contribution in [0.25, 0.3) is 82.1 Å². The quantitative estimate of drug-likeness (QED) is 0.126. The standard InChI is InChI=1S/C47H29F6N3/c1-27-12-16-36-34-8-4-6-10-40(34)55(43(36)20-27)42-19-15-33(54-3)26-39(42)38-18-14-29(30-22-31(46(48,49)50)25-32(23-30)47(51,52)53)24-45(38)56-41-11-7-5-9-35(41)37-17-13-28(2)21-44(37)56/h4-26H,1-2H3. The molecule has 9 aromatic rings. The number of hydrogen-bond acceptors (Lipinski definition) is 0. The first-order valence-electron chi connectivity index (χ1n) is 17.8. The van der Waals surface area contributed by atoms with Crippen molar-refractivity contribution >= 4 is 49.3 Å². The van der Waals surface area contributed by atoms with Gasteiger partial charge in [-0.05, 0) is 102 Å². The van der Waals surface area contributed by atoms with Gasteiger partial charge in [0.25, 0.3) is 0 Å². The largest absolute Gasteiger partial charge is 0.416 e. The molecule has 0 atom stereocenters. The second-order valence-electron chi connectivity index (χ2n) is 14.1. The molecule has 0 saturated carbocycles. The van der Waals surface area contributed by atoms with Gasteiger partial charge in [-0.3, -0.25) is 0 Å². The Bertz CT molecular complexity index is 3070. The van der Waals surface area contributed by atoms with E-state index in [2.05, 4.69) is 33.7 Å². The Morgan fingerprint density at radius 2 is 0.964 bits per heavy atom. The molecule has 0 bridgehead atoms. The molecule has 9 rings (SSSR count). The number of fused-ring (bicyclic) bond motifs is 6. The summed E-state index contributed by atoms with van der Waals surface area (Å²) in [6, 6.07) is 40.1. The number of rotatable bonds is 4. The van der Waals surface area contributed by atoms with Crippen LogP contribution in [0.4, 0.5) is 32.0 Å². The van der Waals surface area contributed by atoms with Crippen molar-refractivity contribution in [1.29, 1.82) is 0 Å². The van der Waals surface area contributed by atoms with Crippen molar-refractivity contribution in [3.8, 4) is 33.6 Å². The molecule has 2 heterocycles. The van der Waals surface area contributed by atoms with Gasteiger partial charge in [-0.1, -0.05) is 78.9 Å². The van der Waals surface area contributed by atoms with Crippen molar-refractivity contribution in [3.63, 3.8) is 0 Å². The van der Waals surface area contributed by atoms with Crippen molar-refractivity contribution in [2.45, 2.75) is 26.2 Å². The molecule has 0 unspecified atom stereocenters. The molecule has 7 aromatic carbocycles. The average Bonchev–Trinajstić information content (AvgIpc) is 3.68. The molecule has 0 fully saturated rings. The summed E-state index contributed by atoms with van der Waals surface area (Å²) in [5.74, 6) is 0. The van der Waals surface area contributed by atoms with Crippen LogP contribution in [0, 0.1) is 20.4 Å². The summed E-state index contributed by atoms with van der Waals surface area (Å²) in [6.07, 6.45) is -10.0. The van der Waals surface area contributed by atoms with E-state index < -0.39 is 23.5 Å². The third-order valence-corrected chi connectivity index (χ3v) is 10.5. The molecule has 0 aliphatic carbocycles. The molecule has 274 valence electrons. The lowest BCUT2D eigenvalue weighted by molar-refractivity contribution is -0.143. The number of para-hydroxylation sites is 2. The molecular weight excluding hydrogens is 721 g/mol. The van der Waals surface area contributed by atoms with Crippen LogP contribution in [0.3, 0.4) is 0 Å². The number of aromatic nitrogens is 2. The van der Waals surface area contributed by atoms with Crippen LogP contribution in [0.15, 0.2) is 140 Å². The average molecular weight is 750 g/mol. The molecular formula is C47H29F6N3. The SMILES string of the molecule is [C-]#[N+]c1ccc(-n2c3ccccc3c3ccc(C)cc32)c(-c2ccc(-c3cc(C(F)(F)F)cc(C(F)(F)F)c3)cc2-n2c3ccccc3c3ccc(C)cc32)c1. The molecule has 0 aliphatic rings. The van der Waals surface area contributed by atoms with E-state index in [9.17, 15) is 26.3 Å². The number of alkyl halides is 6. The third kappa shape index (κ3) is 5.68. The molecule has 3 nitrogen and oxygen atoms in total. The summed E-state index contributed by atoms with van der Waals surface area (Å²) >= 11 is 0. The molecule has 0 aliphatic heterocycles. The Kier molecular flexibility index (Phi) is 7.89. The van der Waals surface area contributed by atoms with Gasteiger partial charge in [0.05, 0.1) is 51.1 Å². The van der Waals surface area contributed by atoms with Gasteiger partial charge in [-0.2, -0.15) is 26.3 Å². The monoisotopic (exact) mass is 749 g/mol. The maximum Gasteiger partial charge on any atom is 0.416 e. The van der Waals surface area contributed by atoms with Gasteiger partial charge >= 0.3 is 12.4 Å². The Morgan fingerprint density at radius 1 is 0.446 bits per heavy atom. The van der Waals surface area contributed by atoms with E-state index in [4.69, 9.17) is 6.57 Å². The molecule has 56 heavy (non-hydrogen) atoms. The molecule has 0 saturated heterocycles. The molecule has 0 amide bonds. The van der Waals surface area contributed by atoms with Crippen LogP contribution < -0.4 is 0 Å². The van der Waals surface area contributed by atoms with E-state index >= 15 is 0 Å². The van der Waals surface area contributed by atoms with Crippen molar-refractivity contribution in [2.24, 2.45) is 0 Å². The lowest BCUT2D eigenvalue weighted by Gasteiger charge is -2.21. The Balaban J connectivity index is 1.42. The highest BCUT2D eigenvalue weighted by molar-refractivity contribution is 6.12. The second-order valence-corrected chi connectivity index (χ2v) is 14.1. The minimum Gasteiger partial charge on any atom is -0.309 e. The fourth-order valence-electron chi connectivity index (χ4n) is 7.93. The topological polar surface area (TPSA) is 14.2 Å². The van der Waals surface area contributed by atoms with Gasteiger partial charge in [0.2, 0.25) is 0 Å². The van der Waals surface area contributed by atoms with Gasteiger partial charge in [-0.15, -0.1) is 0 Å². The van der Waals surface area contributed by atoms with Gasteiger partial charge in [0.15, 0.2) is 5.69 Å². The van der Waals surface area contributed by atoms with E-state index in [1.165, 1.54) is 0 Å². The van der Waals surface area contributed by atoms with E-state index in [0.29, 0.717) is 22.5 Å². The number of halogens is 6. The lowest BCUT2D eigenvalue weighted by atomic mass is 9.94. The van der Waals surface area contributed by atoms with Crippen LogP contribution in [0.1, 0.15) is 22.3 Å². The molecule has 0 spiro atoms. The van der Waals surface area contributed by atoms with Crippen molar-refractivity contribution < 1.29 is 26.3 Å². The summed E-state index contributed by atoms with van der Waals surface area (Å²) in [5, 5.41) is 3.91. The van der Waals surface area contributed by atoms with Gasteiger partial charge in [-0.25, -0.2) is 4.85 Å². The first-order valence-corrected chi connectivity index (χ1v) is 17.8. The zero-order valence-corrected chi connectivity index (χ0v) is 29.9.